The lowest BCUT2D eigenvalue weighted by atomic mass is 9.89. The third-order valence-electron chi connectivity index (χ3n) is 4.60. The molecule has 0 spiro atoms. The van der Waals surface area contributed by atoms with Gasteiger partial charge in [-0.05, 0) is 69.1 Å². The normalized spacial score (nSPS) is 23.7. The van der Waals surface area contributed by atoms with E-state index in [9.17, 15) is 4.79 Å². The van der Waals surface area contributed by atoms with Gasteiger partial charge in [-0.3, -0.25) is 9.69 Å². The Kier molecular flexibility index (Phi) is 6.69. The number of fused-ring (bicyclic) bond motifs is 1. The molecule has 128 valence electrons. The second kappa shape index (κ2) is 8.52. The van der Waals surface area contributed by atoms with E-state index in [-0.39, 0.29) is 18.3 Å². The number of hydrogen-bond donors (Lipinski definition) is 2. The van der Waals surface area contributed by atoms with Gasteiger partial charge in [-0.15, -0.1) is 12.4 Å². The van der Waals surface area contributed by atoms with Crippen molar-refractivity contribution in [2.75, 3.05) is 44.6 Å². The molecule has 6 heteroatoms. The molecule has 0 aliphatic carbocycles. The van der Waals surface area contributed by atoms with Crippen LogP contribution in [0.25, 0.3) is 0 Å². The van der Waals surface area contributed by atoms with E-state index in [2.05, 4.69) is 15.5 Å². The first-order valence-electron chi connectivity index (χ1n) is 8.20. The van der Waals surface area contributed by atoms with Crippen LogP contribution in [0.2, 0.25) is 0 Å². The van der Waals surface area contributed by atoms with Crippen LogP contribution < -0.4 is 15.4 Å². The summed E-state index contributed by atoms with van der Waals surface area (Å²) in [4.78, 5) is 14.5. The lowest BCUT2D eigenvalue weighted by Crippen LogP contribution is -2.43. The van der Waals surface area contributed by atoms with E-state index in [0.717, 1.165) is 43.5 Å². The SMILES string of the molecule is CCOc1ccc(NC(=O)CN2CCC3CNCC3C2)cc1.Cl. The van der Waals surface area contributed by atoms with E-state index in [1.54, 1.807) is 0 Å². The molecule has 0 aromatic heterocycles. The van der Waals surface area contributed by atoms with Gasteiger partial charge < -0.3 is 15.4 Å². The first kappa shape index (κ1) is 18.0. The van der Waals surface area contributed by atoms with Crippen LogP contribution in [-0.4, -0.2) is 50.1 Å². The molecule has 3 rings (SSSR count). The van der Waals surface area contributed by atoms with Gasteiger partial charge in [-0.2, -0.15) is 0 Å². The molecule has 2 atom stereocenters. The summed E-state index contributed by atoms with van der Waals surface area (Å²) in [5, 5.41) is 6.42. The monoisotopic (exact) mass is 339 g/mol. The summed E-state index contributed by atoms with van der Waals surface area (Å²) >= 11 is 0. The Hall–Kier alpha value is -1.30. The van der Waals surface area contributed by atoms with Crippen molar-refractivity contribution in [3.63, 3.8) is 0 Å². The van der Waals surface area contributed by atoms with Crippen molar-refractivity contribution >= 4 is 24.0 Å². The lowest BCUT2D eigenvalue weighted by Gasteiger charge is -2.33. The average molecular weight is 340 g/mol. The molecule has 0 radical (unpaired) electrons. The van der Waals surface area contributed by atoms with Crippen molar-refractivity contribution in [2.45, 2.75) is 13.3 Å². The van der Waals surface area contributed by atoms with Crippen LogP contribution in [0.1, 0.15) is 13.3 Å². The summed E-state index contributed by atoms with van der Waals surface area (Å²) in [5.41, 5.74) is 0.825. The first-order valence-corrected chi connectivity index (χ1v) is 8.20. The molecule has 1 amide bonds. The molecule has 2 aliphatic rings. The van der Waals surface area contributed by atoms with Gasteiger partial charge in [0, 0.05) is 12.2 Å². The molecule has 1 aromatic rings. The summed E-state index contributed by atoms with van der Waals surface area (Å²) in [6, 6.07) is 7.54. The molecule has 1 aromatic carbocycles. The number of nitrogens with one attached hydrogen (secondary N) is 2. The molecule has 2 aliphatic heterocycles. The maximum absolute atomic E-state index is 12.2. The van der Waals surface area contributed by atoms with E-state index in [4.69, 9.17) is 4.74 Å². The van der Waals surface area contributed by atoms with Crippen molar-refractivity contribution < 1.29 is 9.53 Å². The molecular weight excluding hydrogens is 314 g/mol. The minimum Gasteiger partial charge on any atom is -0.494 e. The quantitative estimate of drug-likeness (QED) is 0.861. The number of carbonyl (C=O) groups is 1. The van der Waals surface area contributed by atoms with Gasteiger partial charge in [0.2, 0.25) is 5.91 Å². The highest BCUT2D eigenvalue weighted by molar-refractivity contribution is 5.92. The molecule has 2 N–H and O–H groups in total. The third-order valence-corrected chi connectivity index (χ3v) is 4.60. The van der Waals surface area contributed by atoms with Crippen molar-refractivity contribution in [1.82, 2.24) is 10.2 Å². The van der Waals surface area contributed by atoms with Crippen LogP contribution in [0.3, 0.4) is 0 Å². The Bertz CT molecular complexity index is 509. The fraction of sp³-hybridized carbons (Fsp3) is 0.588. The standard InChI is InChI=1S/C17H25N3O2.ClH/c1-2-22-16-5-3-15(4-6-16)19-17(21)12-20-8-7-13-9-18-10-14(13)11-20;/h3-6,13-14,18H,2,7-12H2,1H3,(H,19,21);1H. The van der Waals surface area contributed by atoms with Gasteiger partial charge in [-0.1, -0.05) is 0 Å². The Morgan fingerprint density at radius 2 is 2.04 bits per heavy atom. The fourth-order valence-electron chi connectivity index (χ4n) is 3.46. The number of anilines is 1. The number of rotatable bonds is 5. The summed E-state index contributed by atoms with van der Waals surface area (Å²) in [6.07, 6.45) is 1.20. The third kappa shape index (κ3) is 4.83. The Labute approximate surface area is 144 Å². The number of ether oxygens (including phenoxy) is 1. The van der Waals surface area contributed by atoms with Crippen LogP contribution in [0.5, 0.6) is 5.75 Å². The summed E-state index contributed by atoms with van der Waals surface area (Å²) in [5.74, 6) is 2.42. The second-order valence-electron chi connectivity index (χ2n) is 6.21. The lowest BCUT2D eigenvalue weighted by molar-refractivity contribution is -0.117. The molecule has 23 heavy (non-hydrogen) atoms. The predicted molar refractivity (Wildman–Crippen MR) is 94.4 cm³/mol. The molecule has 2 heterocycles. The highest BCUT2D eigenvalue weighted by Crippen LogP contribution is 2.26. The number of benzene rings is 1. The Morgan fingerprint density at radius 1 is 1.30 bits per heavy atom. The molecule has 0 saturated carbocycles. The smallest absolute Gasteiger partial charge is 0.238 e. The van der Waals surface area contributed by atoms with Gasteiger partial charge in [0.15, 0.2) is 0 Å². The number of hydrogen-bond acceptors (Lipinski definition) is 4. The number of carbonyl (C=O) groups excluding carboxylic acids is 1. The van der Waals surface area contributed by atoms with Gasteiger partial charge in [0.05, 0.1) is 13.2 Å². The van der Waals surface area contributed by atoms with Gasteiger partial charge >= 0.3 is 0 Å². The van der Waals surface area contributed by atoms with Crippen molar-refractivity contribution in [1.29, 1.82) is 0 Å². The molecule has 0 bridgehead atoms. The van der Waals surface area contributed by atoms with E-state index < -0.39 is 0 Å². The van der Waals surface area contributed by atoms with Crippen LogP contribution in [0, 0.1) is 11.8 Å². The Balaban J connectivity index is 0.00000192. The van der Waals surface area contributed by atoms with Crippen LogP contribution in [0.15, 0.2) is 24.3 Å². The topological polar surface area (TPSA) is 53.6 Å². The maximum atomic E-state index is 12.2. The predicted octanol–water partition coefficient (Wildman–Crippen LogP) is 1.99. The zero-order valence-corrected chi connectivity index (χ0v) is 14.4. The van der Waals surface area contributed by atoms with Gasteiger partial charge in [0.25, 0.3) is 0 Å². The number of halogens is 1. The minimum absolute atomic E-state index is 0. The van der Waals surface area contributed by atoms with E-state index in [0.29, 0.717) is 19.1 Å². The molecule has 2 fully saturated rings. The zero-order valence-electron chi connectivity index (χ0n) is 13.6. The van der Waals surface area contributed by atoms with E-state index >= 15 is 0 Å². The number of piperidine rings is 1. The number of nitrogens with zero attached hydrogens (tertiary/aromatic N) is 1. The maximum Gasteiger partial charge on any atom is 0.238 e. The molecular formula is C17H26ClN3O2. The van der Waals surface area contributed by atoms with E-state index in [1.165, 1.54) is 6.42 Å². The first-order chi connectivity index (χ1) is 10.7. The van der Waals surface area contributed by atoms with Crippen LogP contribution in [0.4, 0.5) is 5.69 Å². The van der Waals surface area contributed by atoms with E-state index in [1.807, 2.05) is 31.2 Å². The number of likely N-dealkylation sites (tertiary alicyclic amines) is 1. The highest BCUT2D eigenvalue weighted by atomic mass is 35.5. The van der Waals surface area contributed by atoms with Gasteiger partial charge in [-0.25, -0.2) is 0 Å². The minimum atomic E-state index is 0. The molecule has 5 nitrogen and oxygen atoms in total. The number of amides is 1. The fourth-order valence-corrected chi connectivity index (χ4v) is 3.46. The van der Waals surface area contributed by atoms with Crippen LogP contribution in [-0.2, 0) is 4.79 Å². The van der Waals surface area contributed by atoms with Crippen molar-refractivity contribution in [2.24, 2.45) is 11.8 Å². The summed E-state index contributed by atoms with van der Waals surface area (Å²) < 4.78 is 5.40. The summed E-state index contributed by atoms with van der Waals surface area (Å²) in [6.45, 7) is 7.40. The van der Waals surface area contributed by atoms with Crippen molar-refractivity contribution in [3.8, 4) is 5.75 Å². The highest BCUT2D eigenvalue weighted by Gasteiger charge is 2.33. The van der Waals surface area contributed by atoms with Gasteiger partial charge in [0.1, 0.15) is 5.75 Å². The zero-order chi connectivity index (χ0) is 15.4. The molecule has 2 saturated heterocycles. The average Bonchev–Trinajstić information content (AvgIpc) is 2.97. The largest absolute Gasteiger partial charge is 0.494 e. The van der Waals surface area contributed by atoms with Crippen molar-refractivity contribution in [3.05, 3.63) is 24.3 Å². The second-order valence-corrected chi connectivity index (χ2v) is 6.21. The Morgan fingerprint density at radius 3 is 2.78 bits per heavy atom. The van der Waals surface area contributed by atoms with Crippen LogP contribution >= 0.6 is 12.4 Å². The molecule has 2 unspecified atom stereocenters. The summed E-state index contributed by atoms with van der Waals surface area (Å²) in [7, 11) is 0.